The van der Waals surface area contributed by atoms with Gasteiger partial charge in [0.1, 0.15) is 11.9 Å². The van der Waals surface area contributed by atoms with Gasteiger partial charge in [0.05, 0.1) is 16.4 Å². The summed E-state index contributed by atoms with van der Waals surface area (Å²) in [4.78, 5) is 0. The van der Waals surface area contributed by atoms with E-state index in [1.807, 2.05) is 29.5 Å². The molecule has 6 heteroatoms. The first-order chi connectivity index (χ1) is 9.04. The molecule has 1 N–H and O–H groups in total. The lowest BCUT2D eigenvalue weighted by Gasteiger charge is -2.15. The van der Waals surface area contributed by atoms with E-state index in [4.69, 9.17) is 0 Å². The van der Waals surface area contributed by atoms with Crippen LogP contribution in [-0.4, -0.2) is 14.9 Å². The molecule has 0 radical (unpaired) electrons. The van der Waals surface area contributed by atoms with Crippen molar-refractivity contribution in [1.29, 1.82) is 0 Å². The molecular formula is C13H13BrFIN2O. The fraction of sp³-hybridized carbons (Fsp3) is 0.308. The molecule has 3 nitrogen and oxygen atoms in total. The van der Waals surface area contributed by atoms with Crippen molar-refractivity contribution in [2.75, 3.05) is 0 Å². The van der Waals surface area contributed by atoms with Crippen LogP contribution < -0.4 is 0 Å². The Morgan fingerprint density at radius 2 is 2.26 bits per heavy atom. The molecule has 0 saturated carbocycles. The van der Waals surface area contributed by atoms with E-state index in [1.165, 1.54) is 12.1 Å². The van der Waals surface area contributed by atoms with Crippen molar-refractivity contribution in [3.63, 3.8) is 0 Å². The van der Waals surface area contributed by atoms with Crippen molar-refractivity contribution in [1.82, 2.24) is 9.78 Å². The van der Waals surface area contributed by atoms with Crippen LogP contribution in [0.1, 0.15) is 30.7 Å². The summed E-state index contributed by atoms with van der Waals surface area (Å²) in [5.41, 5.74) is 1.38. The highest BCUT2D eigenvalue weighted by Gasteiger charge is 2.21. The van der Waals surface area contributed by atoms with Gasteiger partial charge in [-0.05, 0) is 57.1 Å². The van der Waals surface area contributed by atoms with Crippen molar-refractivity contribution < 1.29 is 9.50 Å². The summed E-state index contributed by atoms with van der Waals surface area (Å²) in [6, 6.07) is 4.38. The maximum Gasteiger partial charge on any atom is 0.124 e. The third kappa shape index (κ3) is 3.17. The smallest absolute Gasteiger partial charge is 0.124 e. The average molecular weight is 439 g/mol. The van der Waals surface area contributed by atoms with Gasteiger partial charge in [-0.2, -0.15) is 5.10 Å². The van der Waals surface area contributed by atoms with E-state index in [1.54, 1.807) is 16.9 Å². The second kappa shape index (κ2) is 6.32. The largest absolute Gasteiger partial charge is 0.382 e. The van der Waals surface area contributed by atoms with Crippen LogP contribution in [0, 0.1) is 9.39 Å². The third-order valence-electron chi connectivity index (χ3n) is 2.78. The number of hydrogen-bond acceptors (Lipinski definition) is 2. The van der Waals surface area contributed by atoms with E-state index in [9.17, 15) is 9.50 Å². The molecule has 0 saturated heterocycles. The second-order valence-corrected chi connectivity index (χ2v) is 6.19. The Morgan fingerprint density at radius 1 is 1.53 bits per heavy atom. The van der Waals surface area contributed by atoms with Gasteiger partial charge in [-0.25, -0.2) is 4.39 Å². The quantitative estimate of drug-likeness (QED) is 0.735. The van der Waals surface area contributed by atoms with Crippen molar-refractivity contribution in [2.24, 2.45) is 0 Å². The molecule has 0 bridgehead atoms. The van der Waals surface area contributed by atoms with E-state index in [0.29, 0.717) is 14.8 Å². The van der Waals surface area contributed by atoms with Gasteiger partial charge in [-0.15, -0.1) is 0 Å². The molecule has 1 aromatic carbocycles. The molecule has 0 aliphatic rings. The van der Waals surface area contributed by atoms with Gasteiger partial charge in [-0.1, -0.05) is 13.0 Å². The lowest BCUT2D eigenvalue weighted by molar-refractivity contribution is 0.205. The van der Waals surface area contributed by atoms with Gasteiger partial charge >= 0.3 is 0 Å². The number of nitrogens with zero attached hydrogens (tertiary/aromatic N) is 2. The maximum absolute atomic E-state index is 13.1. The summed E-state index contributed by atoms with van der Waals surface area (Å²) >= 11 is 5.43. The van der Waals surface area contributed by atoms with Gasteiger partial charge < -0.3 is 5.11 Å². The van der Waals surface area contributed by atoms with Crippen LogP contribution in [0.15, 0.2) is 28.9 Å². The van der Waals surface area contributed by atoms with Crippen LogP contribution in [-0.2, 0) is 6.54 Å². The highest BCUT2D eigenvalue weighted by molar-refractivity contribution is 14.1. The van der Waals surface area contributed by atoms with Crippen LogP contribution in [0.25, 0.3) is 0 Å². The van der Waals surface area contributed by atoms with Crippen molar-refractivity contribution in [3.05, 3.63) is 49.5 Å². The molecule has 1 heterocycles. The number of hydrogen-bond donors (Lipinski definition) is 1. The van der Waals surface area contributed by atoms with E-state index in [0.717, 1.165) is 17.4 Å². The predicted molar refractivity (Wildman–Crippen MR) is 83.4 cm³/mol. The summed E-state index contributed by atoms with van der Waals surface area (Å²) in [5, 5.41) is 14.8. The molecule has 19 heavy (non-hydrogen) atoms. The normalized spacial score (nSPS) is 12.7. The Morgan fingerprint density at radius 3 is 2.89 bits per heavy atom. The van der Waals surface area contributed by atoms with E-state index in [-0.39, 0.29) is 5.82 Å². The first-order valence-corrected chi connectivity index (χ1v) is 7.76. The number of aromatic nitrogens is 2. The Balaban J connectivity index is 2.43. The van der Waals surface area contributed by atoms with Crippen LogP contribution in [0.3, 0.4) is 0 Å². The van der Waals surface area contributed by atoms with Gasteiger partial charge in [0.25, 0.3) is 0 Å². The number of halogens is 3. The van der Waals surface area contributed by atoms with Crippen LogP contribution in [0.4, 0.5) is 4.39 Å². The minimum absolute atomic E-state index is 0.304. The second-order valence-electron chi connectivity index (χ2n) is 4.17. The number of rotatable bonds is 4. The monoisotopic (exact) mass is 438 g/mol. The Bertz CT molecular complexity index is 588. The molecule has 0 aliphatic carbocycles. The Kier molecular flexibility index (Phi) is 4.97. The van der Waals surface area contributed by atoms with Crippen molar-refractivity contribution >= 4 is 38.5 Å². The van der Waals surface area contributed by atoms with Gasteiger partial charge in [-0.3, -0.25) is 4.68 Å². The molecule has 2 aromatic rings. The molecule has 2 rings (SSSR count). The first kappa shape index (κ1) is 14.9. The fourth-order valence-corrected chi connectivity index (χ4v) is 3.19. The molecule has 102 valence electrons. The third-order valence-corrected chi connectivity index (χ3v) is 4.33. The zero-order valence-corrected chi connectivity index (χ0v) is 14.0. The number of benzene rings is 1. The van der Waals surface area contributed by atoms with E-state index >= 15 is 0 Å². The van der Waals surface area contributed by atoms with Crippen molar-refractivity contribution in [3.8, 4) is 0 Å². The molecule has 0 fully saturated rings. The van der Waals surface area contributed by atoms with Crippen LogP contribution >= 0.6 is 38.5 Å². The lowest BCUT2D eigenvalue weighted by Crippen LogP contribution is -2.11. The van der Waals surface area contributed by atoms with Crippen molar-refractivity contribution in [2.45, 2.75) is 26.0 Å². The zero-order chi connectivity index (χ0) is 14.0. The number of aryl methyl sites for hydroxylation is 1. The minimum atomic E-state index is -0.823. The average Bonchev–Trinajstić information content (AvgIpc) is 2.70. The van der Waals surface area contributed by atoms with Gasteiger partial charge in [0.2, 0.25) is 0 Å². The molecule has 0 amide bonds. The summed E-state index contributed by atoms with van der Waals surface area (Å²) in [5.74, 6) is -0.304. The molecule has 0 spiro atoms. The maximum atomic E-state index is 13.1. The molecule has 1 aromatic heterocycles. The molecule has 1 unspecified atom stereocenters. The van der Waals surface area contributed by atoms with Crippen LogP contribution in [0.5, 0.6) is 0 Å². The van der Waals surface area contributed by atoms with E-state index < -0.39 is 6.10 Å². The zero-order valence-electron chi connectivity index (χ0n) is 10.3. The Labute approximate surface area is 133 Å². The van der Waals surface area contributed by atoms with Crippen LogP contribution in [0.2, 0.25) is 0 Å². The lowest BCUT2D eigenvalue weighted by atomic mass is 10.1. The predicted octanol–water partition coefficient (Wildman–Crippen LogP) is 3.88. The Hall–Kier alpha value is -0.470. The standard InChI is InChI=1S/C13H13BrFIN2O/c1-2-5-18-12(10(14)7-17-18)13(19)9-4-3-8(15)6-11(9)16/h3-4,6-7,13,19H,2,5H2,1H3. The molecule has 0 aliphatic heterocycles. The summed E-state index contributed by atoms with van der Waals surface area (Å²) in [6.07, 6.45) is 1.77. The SMILES string of the molecule is CCCn1ncc(Br)c1C(O)c1ccc(F)cc1I. The highest BCUT2D eigenvalue weighted by atomic mass is 127. The van der Waals surface area contributed by atoms with Gasteiger partial charge in [0.15, 0.2) is 0 Å². The number of aliphatic hydroxyl groups excluding tert-OH is 1. The minimum Gasteiger partial charge on any atom is -0.382 e. The van der Waals surface area contributed by atoms with Gasteiger partial charge in [0, 0.05) is 15.7 Å². The summed E-state index contributed by atoms with van der Waals surface area (Å²) < 4.78 is 16.3. The number of aliphatic hydroxyl groups is 1. The van der Waals surface area contributed by atoms with E-state index in [2.05, 4.69) is 21.0 Å². The molecule has 1 atom stereocenters. The first-order valence-electron chi connectivity index (χ1n) is 5.88. The highest BCUT2D eigenvalue weighted by Crippen LogP contribution is 2.31. The topological polar surface area (TPSA) is 38.0 Å². The fourth-order valence-electron chi connectivity index (χ4n) is 1.90. The summed E-state index contributed by atoms with van der Waals surface area (Å²) in [7, 11) is 0. The molecular weight excluding hydrogens is 426 g/mol. The summed E-state index contributed by atoms with van der Waals surface area (Å²) in [6.45, 7) is 2.78.